The molecular formula is C11H19N3O. The van der Waals surface area contributed by atoms with Crippen molar-refractivity contribution in [2.45, 2.75) is 47.1 Å². The predicted octanol–water partition coefficient (Wildman–Crippen LogP) is 2.31. The molecule has 1 rings (SSSR count). The Bertz CT molecular complexity index is 341. The Morgan fingerprint density at radius 2 is 2.13 bits per heavy atom. The van der Waals surface area contributed by atoms with Crippen molar-refractivity contribution in [1.82, 2.24) is 15.0 Å². The summed E-state index contributed by atoms with van der Waals surface area (Å²) in [6.07, 6.45) is 3.34. The summed E-state index contributed by atoms with van der Waals surface area (Å²) in [4.78, 5) is 12.2. The summed E-state index contributed by atoms with van der Waals surface area (Å²) in [6, 6.07) is 0. The first-order chi connectivity index (χ1) is 7.03. The SMILES string of the molecule is CCCn1nncc1C(=O)C(C)(C)CC. The van der Waals surface area contributed by atoms with E-state index in [1.807, 2.05) is 20.8 Å². The number of nitrogens with zero attached hydrogens (tertiary/aromatic N) is 3. The van der Waals surface area contributed by atoms with Crippen LogP contribution >= 0.6 is 0 Å². The van der Waals surface area contributed by atoms with Crippen LogP contribution in [0.5, 0.6) is 0 Å². The van der Waals surface area contributed by atoms with Crippen LogP contribution in [0.2, 0.25) is 0 Å². The Balaban J connectivity index is 2.96. The fourth-order valence-electron chi connectivity index (χ4n) is 1.32. The third-order valence-electron chi connectivity index (χ3n) is 2.78. The van der Waals surface area contributed by atoms with Crippen molar-refractivity contribution in [1.29, 1.82) is 0 Å². The fourth-order valence-corrected chi connectivity index (χ4v) is 1.32. The number of aromatic nitrogens is 3. The van der Waals surface area contributed by atoms with E-state index in [-0.39, 0.29) is 11.2 Å². The summed E-state index contributed by atoms with van der Waals surface area (Å²) < 4.78 is 1.69. The number of carbonyl (C=O) groups excluding carboxylic acids is 1. The lowest BCUT2D eigenvalue weighted by Crippen LogP contribution is -2.26. The van der Waals surface area contributed by atoms with E-state index in [0.29, 0.717) is 5.69 Å². The number of carbonyl (C=O) groups is 1. The molecule has 0 N–H and O–H groups in total. The van der Waals surface area contributed by atoms with E-state index >= 15 is 0 Å². The molecule has 0 aliphatic rings. The molecule has 0 atom stereocenters. The van der Waals surface area contributed by atoms with E-state index in [4.69, 9.17) is 0 Å². The summed E-state index contributed by atoms with van der Waals surface area (Å²) in [5.41, 5.74) is 0.302. The normalized spacial score (nSPS) is 11.7. The van der Waals surface area contributed by atoms with Gasteiger partial charge in [0.25, 0.3) is 0 Å². The number of ketones is 1. The Morgan fingerprint density at radius 1 is 1.47 bits per heavy atom. The van der Waals surface area contributed by atoms with Gasteiger partial charge in [-0.2, -0.15) is 0 Å². The molecule has 1 heterocycles. The molecule has 0 aliphatic heterocycles. The Hall–Kier alpha value is -1.19. The van der Waals surface area contributed by atoms with Gasteiger partial charge in [0.1, 0.15) is 5.69 Å². The minimum atomic E-state index is -0.326. The quantitative estimate of drug-likeness (QED) is 0.699. The van der Waals surface area contributed by atoms with Gasteiger partial charge in [0, 0.05) is 12.0 Å². The molecule has 1 aromatic rings. The number of aryl methyl sites for hydroxylation is 1. The topological polar surface area (TPSA) is 47.8 Å². The second kappa shape index (κ2) is 4.55. The van der Waals surface area contributed by atoms with Gasteiger partial charge >= 0.3 is 0 Å². The first-order valence-corrected chi connectivity index (χ1v) is 5.46. The predicted molar refractivity (Wildman–Crippen MR) is 58.7 cm³/mol. The number of hydrogen-bond donors (Lipinski definition) is 0. The Kier molecular flexibility index (Phi) is 3.61. The molecule has 0 fully saturated rings. The van der Waals surface area contributed by atoms with E-state index in [2.05, 4.69) is 17.2 Å². The zero-order chi connectivity index (χ0) is 11.5. The van der Waals surface area contributed by atoms with E-state index in [1.165, 1.54) is 0 Å². The third kappa shape index (κ3) is 2.43. The number of hydrogen-bond acceptors (Lipinski definition) is 3. The zero-order valence-electron chi connectivity index (χ0n) is 9.95. The van der Waals surface area contributed by atoms with Gasteiger partial charge in [-0.05, 0) is 12.8 Å². The van der Waals surface area contributed by atoms with Gasteiger partial charge in [0.2, 0.25) is 0 Å². The lowest BCUT2D eigenvalue weighted by molar-refractivity contribution is 0.0821. The summed E-state index contributed by atoms with van der Waals surface area (Å²) in [7, 11) is 0. The van der Waals surface area contributed by atoms with Crippen molar-refractivity contribution in [3.63, 3.8) is 0 Å². The van der Waals surface area contributed by atoms with Crippen LogP contribution in [0.3, 0.4) is 0 Å². The van der Waals surface area contributed by atoms with Crippen LogP contribution in [0.4, 0.5) is 0 Å². The molecule has 0 radical (unpaired) electrons. The van der Waals surface area contributed by atoms with Crippen molar-refractivity contribution in [2.75, 3.05) is 0 Å². The maximum absolute atomic E-state index is 12.2. The van der Waals surface area contributed by atoms with Crippen molar-refractivity contribution in [3.8, 4) is 0 Å². The average Bonchev–Trinajstić information content (AvgIpc) is 2.65. The zero-order valence-corrected chi connectivity index (χ0v) is 9.95. The molecular weight excluding hydrogens is 190 g/mol. The molecule has 84 valence electrons. The molecule has 0 aliphatic carbocycles. The standard InChI is InChI=1S/C11H19N3O/c1-5-7-14-9(8-12-13-14)10(15)11(3,4)6-2/h8H,5-7H2,1-4H3. The lowest BCUT2D eigenvalue weighted by atomic mass is 9.84. The third-order valence-corrected chi connectivity index (χ3v) is 2.78. The van der Waals surface area contributed by atoms with Crippen molar-refractivity contribution < 1.29 is 4.79 Å². The minimum Gasteiger partial charge on any atom is -0.292 e. The van der Waals surface area contributed by atoms with Crippen LogP contribution in [0.25, 0.3) is 0 Å². The highest BCUT2D eigenvalue weighted by atomic mass is 16.1. The monoisotopic (exact) mass is 209 g/mol. The van der Waals surface area contributed by atoms with Gasteiger partial charge in [0.05, 0.1) is 6.20 Å². The second-order valence-electron chi connectivity index (χ2n) is 4.41. The lowest BCUT2D eigenvalue weighted by Gasteiger charge is -2.20. The Morgan fingerprint density at radius 3 is 2.67 bits per heavy atom. The van der Waals surface area contributed by atoms with Gasteiger partial charge < -0.3 is 0 Å². The minimum absolute atomic E-state index is 0.128. The summed E-state index contributed by atoms with van der Waals surface area (Å²) in [6.45, 7) is 8.74. The first-order valence-electron chi connectivity index (χ1n) is 5.46. The highest BCUT2D eigenvalue weighted by Crippen LogP contribution is 2.24. The highest BCUT2D eigenvalue weighted by molar-refractivity contribution is 5.98. The van der Waals surface area contributed by atoms with Gasteiger partial charge in [-0.3, -0.25) is 4.79 Å². The van der Waals surface area contributed by atoms with Crippen LogP contribution in [0.15, 0.2) is 6.20 Å². The number of rotatable bonds is 5. The fraction of sp³-hybridized carbons (Fsp3) is 0.727. The van der Waals surface area contributed by atoms with Gasteiger partial charge in [0.15, 0.2) is 5.78 Å². The van der Waals surface area contributed by atoms with Gasteiger partial charge in [-0.1, -0.05) is 32.9 Å². The van der Waals surface area contributed by atoms with Crippen LogP contribution in [0, 0.1) is 5.41 Å². The number of Topliss-reactive ketones (excluding diaryl/α,β-unsaturated/α-hetero) is 1. The smallest absolute Gasteiger partial charge is 0.188 e. The highest BCUT2D eigenvalue weighted by Gasteiger charge is 2.29. The van der Waals surface area contributed by atoms with Crippen molar-refractivity contribution in [3.05, 3.63) is 11.9 Å². The molecule has 1 aromatic heterocycles. The Labute approximate surface area is 90.7 Å². The average molecular weight is 209 g/mol. The summed E-state index contributed by atoms with van der Waals surface area (Å²) >= 11 is 0. The molecule has 0 saturated carbocycles. The van der Waals surface area contributed by atoms with Crippen LogP contribution in [-0.2, 0) is 6.54 Å². The molecule has 0 amide bonds. The molecule has 4 nitrogen and oxygen atoms in total. The van der Waals surface area contributed by atoms with Gasteiger partial charge in [-0.25, -0.2) is 4.68 Å². The second-order valence-corrected chi connectivity index (χ2v) is 4.41. The van der Waals surface area contributed by atoms with Gasteiger partial charge in [-0.15, -0.1) is 5.10 Å². The van der Waals surface area contributed by atoms with E-state index < -0.39 is 0 Å². The summed E-state index contributed by atoms with van der Waals surface area (Å²) in [5, 5.41) is 7.72. The van der Waals surface area contributed by atoms with E-state index in [0.717, 1.165) is 19.4 Å². The van der Waals surface area contributed by atoms with Crippen LogP contribution in [0.1, 0.15) is 51.0 Å². The van der Waals surface area contributed by atoms with Crippen molar-refractivity contribution >= 4 is 5.78 Å². The molecule has 0 unspecified atom stereocenters. The van der Waals surface area contributed by atoms with E-state index in [1.54, 1.807) is 10.9 Å². The van der Waals surface area contributed by atoms with Crippen molar-refractivity contribution in [2.24, 2.45) is 5.41 Å². The maximum atomic E-state index is 12.2. The molecule has 15 heavy (non-hydrogen) atoms. The van der Waals surface area contributed by atoms with Crippen LogP contribution in [-0.4, -0.2) is 20.8 Å². The molecule has 4 heteroatoms. The molecule has 0 bridgehead atoms. The molecule has 0 saturated heterocycles. The maximum Gasteiger partial charge on any atom is 0.188 e. The molecule has 0 spiro atoms. The molecule has 0 aromatic carbocycles. The van der Waals surface area contributed by atoms with Crippen LogP contribution < -0.4 is 0 Å². The largest absolute Gasteiger partial charge is 0.292 e. The first kappa shape index (κ1) is 11.9. The van der Waals surface area contributed by atoms with E-state index in [9.17, 15) is 4.79 Å². The summed E-state index contributed by atoms with van der Waals surface area (Å²) in [5.74, 6) is 0.128.